The molecule has 0 aliphatic heterocycles. The molecule has 1 fully saturated rings. The van der Waals surface area contributed by atoms with Crippen LogP contribution in [0.3, 0.4) is 0 Å². The Hall–Kier alpha value is -1.81. The van der Waals surface area contributed by atoms with E-state index in [-0.39, 0.29) is 12.4 Å². The molecule has 1 aliphatic rings. The van der Waals surface area contributed by atoms with Gasteiger partial charge in [-0.2, -0.15) is 0 Å². The maximum Gasteiger partial charge on any atom is 0.0483 e. The molecule has 0 saturated heterocycles. The van der Waals surface area contributed by atoms with Crippen molar-refractivity contribution < 1.29 is 0 Å². The number of hydrogen-bond acceptors (Lipinski definition) is 2. The van der Waals surface area contributed by atoms with Crippen LogP contribution in [0.4, 0.5) is 0 Å². The highest BCUT2D eigenvalue weighted by Crippen LogP contribution is 2.32. The second-order valence-electron chi connectivity index (χ2n) is 9.41. The summed E-state index contributed by atoms with van der Waals surface area (Å²) in [7, 11) is 0. The first kappa shape index (κ1) is 24.8. The Morgan fingerprint density at radius 2 is 1.75 bits per heavy atom. The Bertz CT molecular complexity index is 972. The van der Waals surface area contributed by atoms with Gasteiger partial charge in [0.15, 0.2) is 0 Å². The van der Waals surface area contributed by atoms with Crippen LogP contribution in [0, 0.1) is 12.8 Å². The zero-order chi connectivity index (χ0) is 21.5. The summed E-state index contributed by atoms with van der Waals surface area (Å²) in [6.45, 7) is 6.20. The van der Waals surface area contributed by atoms with Gasteiger partial charge in [-0.3, -0.25) is 0 Å². The zero-order valence-corrected chi connectivity index (χ0v) is 20.4. The van der Waals surface area contributed by atoms with E-state index >= 15 is 0 Å². The van der Waals surface area contributed by atoms with Gasteiger partial charge in [-0.1, -0.05) is 55.2 Å². The molecule has 0 unspecified atom stereocenters. The van der Waals surface area contributed by atoms with Crippen molar-refractivity contribution in [3.8, 4) is 11.1 Å². The molecule has 0 bridgehead atoms. The number of aromatic nitrogens is 1. The van der Waals surface area contributed by atoms with Gasteiger partial charge < -0.3 is 15.6 Å². The van der Waals surface area contributed by atoms with Crippen molar-refractivity contribution in [2.45, 2.75) is 64.8 Å². The van der Waals surface area contributed by atoms with Gasteiger partial charge in [-0.15, -0.1) is 12.4 Å². The molecule has 1 aromatic heterocycles. The van der Waals surface area contributed by atoms with E-state index < -0.39 is 0 Å². The lowest BCUT2D eigenvalue weighted by molar-refractivity contribution is 0.322. The monoisotopic (exact) mass is 453 g/mol. The highest BCUT2D eigenvalue weighted by molar-refractivity contribution is 5.88. The number of nitrogens with one attached hydrogen (secondary N) is 1. The fourth-order valence-corrected chi connectivity index (χ4v) is 5.13. The SMILES string of the molecule is Cc1cccc(-c2ccc3c(c2)c(CCCNCCCN)cn3CC2CCCCC2)c1.Cl. The lowest BCUT2D eigenvalue weighted by Crippen LogP contribution is -2.19. The van der Waals surface area contributed by atoms with E-state index in [9.17, 15) is 0 Å². The first-order valence-corrected chi connectivity index (χ1v) is 12.3. The Morgan fingerprint density at radius 3 is 2.53 bits per heavy atom. The molecule has 0 radical (unpaired) electrons. The molecule has 2 aromatic carbocycles. The van der Waals surface area contributed by atoms with Crippen LogP contribution >= 0.6 is 12.4 Å². The Labute approximate surface area is 200 Å². The van der Waals surface area contributed by atoms with Crippen LogP contribution < -0.4 is 11.1 Å². The quantitative estimate of drug-likeness (QED) is 0.344. The van der Waals surface area contributed by atoms with Crippen LogP contribution in [-0.2, 0) is 13.0 Å². The summed E-state index contributed by atoms with van der Waals surface area (Å²) in [6.07, 6.45) is 12.8. The molecule has 174 valence electrons. The minimum atomic E-state index is 0. The fraction of sp³-hybridized carbons (Fsp3) is 0.500. The summed E-state index contributed by atoms with van der Waals surface area (Å²) in [6, 6.07) is 16.0. The van der Waals surface area contributed by atoms with Crippen molar-refractivity contribution >= 4 is 23.3 Å². The van der Waals surface area contributed by atoms with Crippen molar-refractivity contribution in [1.29, 1.82) is 0 Å². The molecule has 0 spiro atoms. The van der Waals surface area contributed by atoms with E-state index in [4.69, 9.17) is 5.73 Å². The normalized spacial score (nSPS) is 14.6. The van der Waals surface area contributed by atoms with Crippen molar-refractivity contribution in [2.24, 2.45) is 11.7 Å². The second kappa shape index (κ2) is 12.4. The number of aryl methyl sites for hydroxylation is 2. The van der Waals surface area contributed by atoms with Crippen LogP contribution in [0.2, 0.25) is 0 Å². The van der Waals surface area contributed by atoms with E-state index in [0.29, 0.717) is 0 Å². The summed E-state index contributed by atoms with van der Waals surface area (Å²) >= 11 is 0. The first-order valence-electron chi connectivity index (χ1n) is 12.3. The number of benzene rings is 2. The highest BCUT2D eigenvalue weighted by Gasteiger charge is 2.17. The van der Waals surface area contributed by atoms with Crippen LogP contribution in [0.25, 0.3) is 22.0 Å². The summed E-state index contributed by atoms with van der Waals surface area (Å²) in [5.41, 5.74) is 12.5. The molecule has 3 aromatic rings. The molecule has 1 heterocycles. The number of halogens is 1. The van der Waals surface area contributed by atoms with E-state index in [1.807, 2.05) is 0 Å². The second-order valence-corrected chi connectivity index (χ2v) is 9.41. The summed E-state index contributed by atoms with van der Waals surface area (Å²) in [4.78, 5) is 0. The van der Waals surface area contributed by atoms with E-state index in [2.05, 4.69) is 65.5 Å². The molecule has 0 atom stereocenters. The average molecular weight is 454 g/mol. The smallest absolute Gasteiger partial charge is 0.0483 e. The standard InChI is InChI=1S/C28H39N3.ClH/c1-22-8-5-11-24(18-22)25-13-14-28-27(19-25)26(12-6-16-30-17-7-15-29)21-31(28)20-23-9-3-2-4-10-23;/h5,8,11,13-14,18-19,21,23,30H,2-4,6-7,9-10,12,15-17,20,29H2,1H3;1H. The van der Waals surface area contributed by atoms with Crippen LogP contribution in [0.1, 0.15) is 56.1 Å². The first-order chi connectivity index (χ1) is 15.2. The van der Waals surface area contributed by atoms with Gasteiger partial charge in [-0.05, 0) is 93.4 Å². The van der Waals surface area contributed by atoms with Crippen molar-refractivity contribution in [3.63, 3.8) is 0 Å². The maximum absolute atomic E-state index is 5.60. The van der Waals surface area contributed by atoms with Crippen molar-refractivity contribution in [1.82, 2.24) is 9.88 Å². The van der Waals surface area contributed by atoms with Crippen molar-refractivity contribution in [2.75, 3.05) is 19.6 Å². The molecular weight excluding hydrogens is 414 g/mol. The summed E-state index contributed by atoms with van der Waals surface area (Å²) in [5, 5.41) is 4.98. The number of hydrogen-bond donors (Lipinski definition) is 2. The van der Waals surface area contributed by atoms with E-state index in [1.54, 1.807) is 0 Å². The predicted molar refractivity (Wildman–Crippen MR) is 141 cm³/mol. The van der Waals surface area contributed by atoms with Crippen LogP contribution in [0.15, 0.2) is 48.7 Å². The average Bonchev–Trinajstić information content (AvgIpc) is 3.13. The largest absolute Gasteiger partial charge is 0.347 e. The van der Waals surface area contributed by atoms with Crippen LogP contribution in [0.5, 0.6) is 0 Å². The van der Waals surface area contributed by atoms with Crippen LogP contribution in [-0.4, -0.2) is 24.2 Å². The van der Waals surface area contributed by atoms with Gasteiger partial charge in [-0.25, -0.2) is 0 Å². The maximum atomic E-state index is 5.60. The fourth-order valence-electron chi connectivity index (χ4n) is 5.13. The number of nitrogens with two attached hydrogens (primary N) is 1. The minimum Gasteiger partial charge on any atom is -0.347 e. The molecule has 4 rings (SSSR count). The molecule has 4 heteroatoms. The van der Waals surface area contributed by atoms with Gasteiger partial charge >= 0.3 is 0 Å². The molecule has 1 aliphatic carbocycles. The number of fused-ring (bicyclic) bond motifs is 1. The molecule has 1 saturated carbocycles. The summed E-state index contributed by atoms with van der Waals surface area (Å²) in [5.74, 6) is 0.839. The highest BCUT2D eigenvalue weighted by atomic mass is 35.5. The topological polar surface area (TPSA) is 43.0 Å². The zero-order valence-electron chi connectivity index (χ0n) is 19.6. The number of nitrogens with zero attached hydrogens (tertiary/aromatic N) is 1. The Morgan fingerprint density at radius 1 is 0.969 bits per heavy atom. The minimum absolute atomic E-state index is 0. The Balaban J connectivity index is 0.00000289. The predicted octanol–water partition coefficient (Wildman–Crippen LogP) is 6.49. The van der Waals surface area contributed by atoms with Crippen molar-refractivity contribution in [3.05, 3.63) is 59.8 Å². The molecule has 0 amide bonds. The molecule has 3 nitrogen and oxygen atoms in total. The molecule has 3 N–H and O–H groups in total. The van der Waals surface area contributed by atoms with Gasteiger partial charge in [0.05, 0.1) is 0 Å². The number of rotatable bonds is 10. The van der Waals surface area contributed by atoms with Gasteiger partial charge in [0.25, 0.3) is 0 Å². The van der Waals surface area contributed by atoms with Gasteiger partial charge in [0.2, 0.25) is 0 Å². The summed E-state index contributed by atoms with van der Waals surface area (Å²) < 4.78 is 2.56. The Kier molecular flexibility index (Phi) is 9.65. The van der Waals surface area contributed by atoms with Gasteiger partial charge in [0, 0.05) is 23.6 Å². The molecular formula is C28H40ClN3. The van der Waals surface area contributed by atoms with E-state index in [1.165, 1.54) is 78.2 Å². The molecule has 32 heavy (non-hydrogen) atoms. The third-order valence-electron chi connectivity index (χ3n) is 6.85. The van der Waals surface area contributed by atoms with E-state index in [0.717, 1.165) is 38.4 Å². The lowest BCUT2D eigenvalue weighted by Gasteiger charge is -2.22. The third kappa shape index (κ3) is 6.37. The third-order valence-corrected chi connectivity index (χ3v) is 6.85. The lowest BCUT2D eigenvalue weighted by atomic mass is 9.89. The van der Waals surface area contributed by atoms with Gasteiger partial charge in [0.1, 0.15) is 0 Å².